The number of carbonyl (C=O) groups excluding carboxylic acids is 1. The van der Waals surface area contributed by atoms with Crippen LogP contribution in [0.25, 0.3) is 11.0 Å². The number of imidazole rings is 1. The number of hydrogen-bond donors (Lipinski definition) is 1. The summed E-state index contributed by atoms with van der Waals surface area (Å²) in [6.45, 7) is 9.05. The predicted octanol–water partition coefficient (Wildman–Crippen LogP) is 3.79. The Morgan fingerprint density at radius 3 is 2.69 bits per heavy atom. The van der Waals surface area contributed by atoms with Gasteiger partial charge in [0.05, 0.1) is 40.0 Å². The number of amides is 1. The molecule has 7 heteroatoms. The highest BCUT2D eigenvalue weighted by atomic mass is 35.5. The number of hydrogen-bond acceptors (Lipinski definition) is 3. The summed E-state index contributed by atoms with van der Waals surface area (Å²) in [5.74, 6) is 0.833. The van der Waals surface area contributed by atoms with Crippen molar-refractivity contribution in [2.45, 2.75) is 53.2 Å². The largest absolute Gasteiger partial charge is 0.349 e. The molecule has 0 saturated heterocycles. The number of nitrogens with zero attached hydrogens (tertiary/aromatic N) is 4. The molecule has 0 aliphatic rings. The molecule has 1 aromatic carbocycles. The summed E-state index contributed by atoms with van der Waals surface area (Å²) in [5.41, 5.74) is 3.71. The number of benzene rings is 1. The van der Waals surface area contributed by atoms with E-state index in [1.54, 1.807) is 0 Å². The molecule has 3 rings (SSSR count). The molecule has 2 aromatic heterocycles. The minimum absolute atomic E-state index is 0.0316. The van der Waals surface area contributed by atoms with E-state index in [4.69, 9.17) is 11.6 Å². The minimum Gasteiger partial charge on any atom is -0.349 e. The van der Waals surface area contributed by atoms with E-state index in [0.29, 0.717) is 18.0 Å². The summed E-state index contributed by atoms with van der Waals surface area (Å²) >= 11 is 6.20. The van der Waals surface area contributed by atoms with Crippen molar-refractivity contribution in [2.24, 2.45) is 0 Å². The molecule has 1 atom stereocenters. The molecule has 3 aromatic rings. The van der Waals surface area contributed by atoms with Crippen LogP contribution in [0.1, 0.15) is 43.5 Å². The number of nitrogens with one attached hydrogen (secondary N) is 1. The first-order chi connectivity index (χ1) is 12.4. The van der Waals surface area contributed by atoms with Crippen molar-refractivity contribution in [3.05, 3.63) is 46.5 Å². The van der Waals surface area contributed by atoms with Crippen molar-refractivity contribution >= 4 is 28.5 Å². The van der Waals surface area contributed by atoms with Crippen LogP contribution in [-0.4, -0.2) is 25.2 Å². The third-order valence-corrected chi connectivity index (χ3v) is 5.18. The molecule has 138 valence electrons. The average Bonchev–Trinajstić information content (AvgIpc) is 3.11. The third-order valence-electron chi connectivity index (χ3n) is 4.63. The quantitative estimate of drug-likeness (QED) is 0.714. The highest BCUT2D eigenvalue weighted by molar-refractivity contribution is 6.31. The Kier molecular flexibility index (Phi) is 5.32. The fourth-order valence-corrected chi connectivity index (χ4v) is 3.41. The van der Waals surface area contributed by atoms with E-state index in [1.807, 2.05) is 49.7 Å². The van der Waals surface area contributed by atoms with Gasteiger partial charge in [-0.2, -0.15) is 5.10 Å². The monoisotopic (exact) mass is 373 g/mol. The molecule has 0 aliphatic carbocycles. The highest BCUT2D eigenvalue weighted by Gasteiger charge is 2.18. The maximum atomic E-state index is 12.4. The number of carbonyl (C=O) groups is 1. The zero-order chi connectivity index (χ0) is 18.8. The number of halogens is 1. The Hall–Kier alpha value is -2.34. The van der Waals surface area contributed by atoms with Crippen molar-refractivity contribution in [2.75, 3.05) is 0 Å². The van der Waals surface area contributed by atoms with Gasteiger partial charge in [0.15, 0.2) is 0 Å². The first-order valence-electron chi connectivity index (χ1n) is 8.84. The molecule has 1 unspecified atom stereocenters. The standard InChI is InChI=1S/C19H24ClN5O/c1-5-24-16-9-7-6-8-15(16)22-17(24)11-21-18(26)10-12(2)25-14(4)19(20)13(3)23-25/h6-9,12H,5,10-11H2,1-4H3,(H,21,26). The second kappa shape index (κ2) is 7.50. The maximum Gasteiger partial charge on any atom is 0.222 e. The predicted molar refractivity (Wildman–Crippen MR) is 103 cm³/mol. The van der Waals surface area contributed by atoms with Crippen molar-refractivity contribution in [3.8, 4) is 0 Å². The van der Waals surface area contributed by atoms with E-state index in [-0.39, 0.29) is 11.9 Å². The summed E-state index contributed by atoms with van der Waals surface area (Å²) in [6.07, 6.45) is 0.338. The minimum atomic E-state index is -0.0637. The lowest BCUT2D eigenvalue weighted by molar-refractivity contribution is -0.122. The molecule has 0 saturated carbocycles. The Morgan fingerprint density at radius 2 is 2.04 bits per heavy atom. The molecule has 0 radical (unpaired) electrons. The van der Waals surface area contributed by atoms with Crippen LogP contribution in [0.15, 0.2) is 24.3 Å². The Labute approximate surface area is 158 Å². The molecule has 6 nitrogen and oxygen atoms in total. The molecule has 0 fully saturated rings. The van der Waals surface area contributed by atoms with E-state index in [0.717, 1.165) is 34.8 Å². The van der Waals surface area contributed by atoms with Gasteiger partial charge < -0.3 is 9.88 Å². The van der Waals surface area contributed by atoms with Crippen molar-refractivity contribution in [1.29, 1.82) is 0 Å². The van der Waals surface area contributed by atoms with Crippen LogP contribution in [0.4, 0.5) is 0 Å². The van der Waals surface area contributed by atoms with Gasteiger partial charge in [0.1, 0.15) is 5.82 Å². The molecule has 2 heterocycles. The summed E-state index contributed by atoms with van der Waals surface area (Å²) in [7, 11) is 0. The average molecular weight is 374 g/mol. The number of rotatable bonds is 6. The molecule has 0 spiro atoms. The van der Waals surface area contributed by atoms with Gasteiger partial charge in [0, 0.05) is 13.0 Å². The molecular formula is C19H24ClN5O. The fourth-order valence-electron chi connectivity index (χ4n) is 3.29. The summed E-state index contributed by atoms with van der Waals surface area (Å²) < 4.78 is 3.94. The summed E-state index contributed by atoms with van der Waals surface area (Å²) in [5, 5.41) is 8.07. The smallest absolute Gasteiger partial charge is 0.222 e. The second-order valence-electron chi connectivity index (χ2n) is 6.52. The topological polar surface area (TPSA) is 64.7 Å². The van der Waals surface area contributed by atoms with Gasteiger partial charge in [-0.05, 0) is 39.8 Å². The van der Waals surface area contributed by atoms with Gasteiger partial charge in [-0.15, -0.1) is 0 Å². The Bertz CT molecular complexity index is 943. The van der Waals surface area contributed by atoms with E-state index < -0.39 is 0 Å². The molecule has 0 aliphatic heterocycles. The van der Waals surface area contributed by atoms with Crippen molar-refractivity contribution in [3.63, 3.8) is 0 Å². The van der Waals surface area contributed by atoms with Gasteiger partial charge >= 0.3 is 0 Å². The van der Waals surface area contributed by atoms with Gasteiger partial charge in [0.2, 0.25) is 5.91 Å². The van der Waals surface area contributed by atoms with E-state index in [2.05, 4.69) is 26.9 Å². The number of fused-ring (bicyclic) bond motifs is 1. The third kappa shape index (κ3) is 3.46. The Morgan fingerprint density at radius 1 is 1.31 bits per heavy atom. The van der Waals surface area contributed by atoms with Crippen LogP contribution in [0.5, 0.6) is 0 Å². The van der Waals surface area contributed by atoms with Gasteiger partial charge in [0.25, 0.3) is 0 Å². The Balaban J connectivity index is 1.66. The van der Waals surface area contributed by atoms with E-state index in [9.17, 15) is 4.79 Å². The summed E-state index contributed by atoms with van der Waals surface area (Å²) in [6, 6.07) is 7.94. The lowest BCUT2D eigenvalue weighted by atomic mass is 10.2. The number of aromatic nitrogens is 4. The summed E-state index contributed by atoms with van der Waals surface area (Å²) in [4.78, 5) is 17.0. The first-order valence-corrected chi connectivity index (χ1v) is 9.22. The van der Waals surface area contributed by atoms with Gasteiger partial charge in [-0.1, -0.05) is 23.7 Å². The van der Waals surface area contributed by atoms with Crippen LogP contribution >= 0.6 is 11.6 Å². The number of para-hydroxylation sites is 2. The van der Waals surface area contributed by atoms with Crippen molar-refractivity contribution in [1.82, 2.24) is 24.6 Å². The molecule has 1 amide bonds. The van der Waals surface area contributed by atoms with Crippen LogP contribution in [0.2, 0.25) is 5.02 Å². The molecule has 0 bridgehead atoms. The van der Waals surface area contributed by atoms with E-state index >= 15 is 0 Å². The maximum absolute atomic E-state index is 12.4. The van der Waals surface area contributed by atoms with Crippen LogP contribution < -0.4 is 5.32 Å². The highest BCUT2D eigenvalue weighted by Crippen LogP contribution is 2.23. The van der Waals surface area contributed by atoms with Gasteiger partial charge in [-0.25, -0.2) is 4.98 Å². The second-order valence-corrected chi connectivity index (χ2v) is 6.90. The molecule has 1 N–H and O–H groups in total. The lowest BCUT2D eigenvalue weighted by Gasteiger charge is -2.14. The fraction of sp³-hybridized carbons (Fsp3) is 0.421. The van der Waals surface area contributed by atoms with Crippen LogP contribution in [0, 0.1) is 13.8 Å². The lowest BCUT2D eigenvalue weighted by Crippen LogP contribution is -2.27. The number of aryl methyl sites for hydroxylation is 2. The first kappa shape index (κ1) is 18.5. The van der Waals surface area contributed by atoms with Crippen LogP contribution in [0.3, 0.4) is 0 Å². The van der Waals surface area contributed by atoms with Crippen molar-refractivity contribution < 1.29 is 4.79 Å². The molecular weight excluding hydrogens is 350 g/mol. The zero-order valence-corrected chi connectivity index (χ0v) is 16.3. The normalized spacial score (nSPS) is 12.5. The van der Waals surface area contributed by atoms with E-state index in [1.165, 1.54) is 0 Å². The SMILES string of the molecule is CCn1c(CNC(=O)CC(C)n2nc(C)c(Cl)c2C)nc2ccccc21. The zero-order valence-electron chi connectivity index (χ0n) is 15.6. The van der Waals surface area contributed by atoms with Crippen LogP contribution in [-0.2, 0) is 17.9 Å². The van der Waals surface area contributed by atoms with Gasteiger partial charge in [-0.3, -0.25) is 9.48 Å². The molecule has 26 heavy (non-hydrogen) atoms.